The molecule has 1 saturated heterocycles. The van der Waals surface area contributed by atoms with Crippen LogP contribution in [0.1, 0.15) is 17.2 Å². The summed E-state index contributed by atoms with van der Waals surface area (Å²) >= 11 is 18.4. The number of carbonyl (C=O) groups excluding carboxylic acids is 2. The van der Waals surface area contributed by atoms with Gasteiger partial charge < -0.3 is 24.6 Å². The largest absolute Gasteiger partial charge is 0.507 e. The van der Waals surface area contributed by atoms with Gasteiger partial charge in [-0.05, 0) is 29.8 Å². The molecule has 2 aromatic rings. The Labute approximate surface area is 193 Å². The molecule has 31 heavy (non-hydrogen) atoms. The van der Waals surface area contributed by atoms with Gasteiger partial charge in [0.1, 0.15) is 11.5 Å². The van der Waals surface area contributed by atoms with Gasteiger partial charge in [0, 0.05) is 19.2 Å². The topological polar surface area (TPSA) is 96.3 Å². The molecular weight excluding hydrogens is 469 g/mol. The number of rotatable bonds is 6. The number of phenols is 1. The molecule has 1 atom stereocenters. The molecule has 0 saturated carbocycles. The standard InChI is InChI=1S/C21H18Cl3NO6/c1-30-6-5-25-17(10-3-4-15(26)12(22)7-10)16(19(28)21(25)29)18(27)11-8-13(23)20(31-2)14(24)9-11/h3-4,7-9,17,26-27H,5-6H2,1-2H3/b18-16+. The van der Waals surface area contributed by atoms with Crippen molar-refractivity contribution in [2.75, 3.05) is 27.4 Å². The summed E-state index contributed by atoms with van der Waals surface area (Å²) in [6.07, 6.45) is 0. The number of hydrogen-bond donors (Lipinski definition) is 2. The second-order valence-electron chi connectivity index (χ2n) is 6.67. The molecule has 2 aromatic carbocycles. The highest BCUT2D eigenvalue weighted by Crippen LogP contribution is 2.42. The van der Waals surface area contributed by atoms with Crippen LogP contribution in [0.3, 0.4) is 0 Å². The van der Waals surface area contributed by atoms with E-state index >= 15 is 0 Å². The van der Waals surface area contributed by atoms with Crippen molar-refractivity contribution in [2.45, 2.75) is 6.04 Å². The smallest absolute Gasteiger partial charge is 0.295 e. The Morgan fingerprint density at radius 1 is 1.06 bits per heavy atom. The van der Waals surface area contributed by atoms with Gasteiger partial charge in [-0.15, -0.1) is 0 Å². The minimum atomic E-state index is -0.965. The number of aliphatic hydroxyl groups excluding tert-OH is 1. The van der Waals surface area contributed by atoms with E-state index in [1.807, 2.05) is 0 Å². The van der Waals surface area contributed by atoms with Crippen LogP contribution >= 0.6 is 34.8 Å². The van der Waals surface area contributed by atoms with Crippen molar-refractivity contribution < 1.29 is 29.3 Å². The number of Topliss-reactive ketones (excluding diaryl/α,β-unsaturated/α-hetero) is 1. The molecule has 1 heterocycles. The number of aliphatic hydroxyl groups is 1. The summed E-state index contributed by atoms with van der Waals surface area (Å²) in [6, 6.07) is 6.08. The lowest BCUT2D eigenvalue weighted by atomic mass is 9.95. The van der Waals surface area contributed by atoms with E-state index in [-0.39, 0.29) is 50.9 Å². The van der Waals surface area contributed by atoms with Crippen LogP contribution in [0, 0.1) is 0 Å². The van der Waals surface area contributed by atoms with Crippen LogP contribution < -0.4 is 4.74 Å². The molecule has 7 nitrogen and oxygen atoms in total. The number of methoxy groups -OCH3 is 2. The molecule has 1 unspecified atom stereocenters. The Balaban J connectivity index is 2.22. The quantitative estimate of drug-likeness (QED) is 0.356. The highest BCUT2D eigenvalue weighted by molar-refractivity contribution is 6.46. The van der Waals surface area contributed by atoms with E-state index in [1.54, 1.807) is 0 Å². The number of aromatic hydroxyl groups is 1. The van der Waals surface area contributed by atoms with Crippen molar-refractivity contribution in [3.05, 3.63) is 62.1 Å². The average Bonchev–Trinajstić information content (AvgIpc) is 2.98. The average molecular weight is 487 g/mol. The molecule has 0 bridgehead atoms. The highest BCUT2D eigenvalue weighted by Gasteiger charge is 2.46. The number of halogens is 3. The van der Waals surface area contributed by atoms with Gasteiger partial charge >= 0.3 is 0 Å². The van der Waals surface area contributed by atoms with Crippen molar-refractivity contribution in [2.24, 2.45) is 0 Å². The molecule has 0 spiro atoms. The van der Waals surface area contributed by atoms with Crippen molar-refractivity contribution in [1.29, 1.82) is 0 Å². The van der Waals surface area contributed by atoms with Gasteiger partial charge in [0.15, 0.2) is 5.75 Å². The van der Waals surface area contributed by atoms with E-state index in [1.165, 1.54) is 49.5 Å². The monoisotopic (exact) mass is 485 g/mol. The maximum absolute atomic E-state index is 12.9. The number of phenolic OH excluding ortho intramolecular Hbond substituents is 1. The van der Waals surface area contributed by atoms with Gasteiger partial charge in [0.25, 0.3) is 11.7 Å². The third-order valence-electron chi connectivity index (χ3n) is 4.84. The fourth-order valence-electron chi connectivity index (χ4n) is 3.39. The van der Waals surface area contributed by atoms with Gasteiger partial charge in [-0.3, -0.25) is 9.59 Å². The molecule has 0 aromatic heterocycles. The first-order valence-electron chi connectivity index (χ1n) is 9.00. The Kier molecular flexibility index (Phi) is 7.01. The van der Waals surface area contributed by atoms with Crippen LogP contribution in [0.25, 0.3) is 5.76 Å². The van der Waals surface area contributed by atoms with Crippen LogP contribution in [-0.4, -0.2) is 54.2 Å². The van der Waals surface area contributed by atoms with Gasteiger partial charge in [-0.25, -0.2) is 0 Å². The Hall–Kier alpha value is -2.45. The summed E-state index contributed by atoms with van der Waals surface area (Å²) in [5.41, 5.74) is 0.390. The number of hydrogen-bond acceptors (Lipinski definition) is 6. The zero-order valence-electron chi connectivity index (χ0n) is 16.5. The van der Waals surface area contributed by atoms with Gasteiger partial charge in [-0.1, -0.05) is 40.9 Å². The Morgan fingerprint density at radius 2 is 1.71 bits per heavy atom. The van der Waals surface area contributed by atoms with Crippen molar-refractivity contribution >= 4 is 52.3 Å². The number of ether oxygens (including phenoxy) is 2. The second kappa shape index (κ2) is 9.36. The molecule has 1 amide bonds. The lowest BCUT2D eigenvalue weighted by Crippen LogP contribution is -2.32. The van der Waals surface area contributed by atoms with Crippen molar-refractivity contribution in [3.8, 4) is 11.5 Å². The molecule has 2 N–H and O–H groups in total. The number of ketones is 1. The van der Waals surface area contributed by atoms with Crippen molar-refractivity contribution in [1.82, 2.24) is 4.90 Å². The molecule has 10 heteroatoms. The first-order chi connectivity index (χ1) is 14.7. The normalized spacial score (nSPS) is 18.0. The lowest BCUT2D eigenvalue weighted by Gasteiger charge is -2.25. The number of carbonyl (C=O) groups is 2. The third kappa shape index (κ3) is 4.32. The first-order valence-corrected chi connectivity index (χ1v) is 10.1. The van der Waals surface area contributed by atoms with Crippen LogP contribution in [0.4, 0.5) is 0 Å². The summed E-state index contributed by atoms with van der Waals surface area (Å²) < 4.78 is 10.2. The number of nitrogens with zero attached hydrogens (tertiary/aromatic N) is 1. The summed E-state index contributed by atoms with van der Waals surface area (Å²) in [4.78, 5) is 26.9. The van der Waals surface area contributed by atoms with Crippen LogP contribution in [0.2, 0.25) is 15.1 Å². The maximum Gasteiger partial charge on any atom is 0.295 e. The minimum Gasteiger partial charge on any atom is -0.507 e. The number of benzene rings is 2. The van der Waals surface area contributed by atoms with E-state index in [4.69, 9.17) is 44.3 Å². The fourth-order valence-corrected chi connectivity index (χ4v) is 4.22. The van der Waals surface area contributed by atoms with E-state index < -0.39 is 23.5 Å². The predicted molar refractivity (Wildman–Crippen MR) is 117 cm³/mol. The molecule has 164 valence electrons. The Morgan fingerprint density at radius 3 is 2.26 bits per heavy atom. The van der Waals surface area contributed by atoms with Crippen LogP contribution in [0.15, 0.2) is 35.9 Å². The minimum absolute atomic E-state index is 0.0327. The molecule has 1 aliphatic rings. The molecule has 1 fully saturated rings. The zero-order chi connectivity index (χ0) is 22.9. The molecule has 0 radical (unpaired) electrons. The summed E-state index contributed by atoms with van der Waals surface area (Å²) in [6.45, 7) is 0.251. The molecule has 0 aliphatic carbocycles. The number of amides is 1. The highest BCUT2D eigenvalue weighted by atomic mass is 35.5. The van der Waals surface area contributed by atoms with Crippen LogP contribution in [-0.2, 0) is 14.3 Å². The fraction of sp³-hybridized carbons (Fsp3) is 0.238. The number of likely N-dealkylation sites (tertiary alicyclic amines) is 1. The van der Waals surface area contributed by atoms with E-state index in [9.17, 15) is 19.8 Å². The summed E-state index contributed by atoms with van der Waals surface area (Å²) in [5.74, 6) is -2.10. The zero-order valence-corrected chi connectivity index (χ0v) is 18.8. The van der Waals surface area contributed by atoms with Gasteiger partial charge in [-0.2, -0.15) is 0 Å². The first kappa shape index (κ1) is 23.2. The third-order valence-corrected chi connectivity index (χ3v) is 5.70. The van der Waals surface area contributed by atoms with E-state index in [0.29, 0.717) is 5.56 Å². The SMILES string of the molecule is COCCN1C(=O)C(=O)/C(=C(/O)c2cc(Cl)c(OC)c(Cl)c2)C1c1ccc(O)c(Cl)c1. The lowest BCUT2D eigenvalue weighted by molar-refractivity contribution is -0.140. The van der Waals surface area contributed by atoms with E-state index in [0.717, 1.165) is 0 Å². The molecule has 1 aliphatic heterocycles. The van der Waals surface area contributed by atoms with Gasteiger partial charge in [0.05, 0.1) is 40.4 Å². The Bertz CT molecular complexity index is 1060. The van der Waals surface area contributed by atoms with E-state index in [2.05, 4.69) is 0 Å². The molecule has 3 rings (SSSR count). The predicted octanol–water partition coefficient (Wildman–Crippen LogP) is 4.43. The molecular formula is C21H18Cl3NO6. The van der Waals surface area contributed by atoms with Gasteiger partial charge in [0.2, 0.25) is 0 Å². The van der Waals surface area contributed by atoms with Crippen LogP contribution in [0.5, 0.6) is 11.5 Å². The summed E-state index contributed by atoms with van der Waals surface area (Å²) in [5, 5.41) is 21.1. The van der Waals surface area contributed by atoms with Crippen molar-refractivity contribution in [3.63, 3.8) is 0 Å². The maximum atomic E-state index is 12.9. The summed E-state index contributed by atoms with van der Waals surface area (Å²) in [7, 11) is 2.85. The second-order valence-corrected chi connectivity index (χ2v) is 7.89.